The van der Waals surface area contributed by atoms with Gasteiger partial charge in [-0.05, 0) is 38.0 Å². The van der Waals surface area contributed by atoms with Crippen LogP contribution in [0.1, 0.15) is 44.4 Å². The number of amides is 1. The fourth-order valence-corrected chi connectivity index (χ4v) is 2.98. The number of nitrogens with zero attached hydrogens (tertiary/aromatic N) is 1. The van der Waals surface area contributed by atoms with Gasteiger partial charge in [-0.15, -0.1) is 0 Å². The third kappa shape index (κ3) is 3.04. The molecule has 1 heterocycles. The maximum atomic E-state index is 12.9. The molecule has 1 amide bonds. The van der Waals surface area contributed by atoms with Gasteiger partial charge in [0.2, 0.25) is 5.91 Å². The SMILES string of the molecule is CCC(C(=O)NC(C)(C)c1ccccc1)c1noc2ccccc12. The van der Waals surface area contributed by atoms with Gasteiger partial charge in [0, 0.05) is 5.39 Å². The molecule has 24 heavy (non-hydrogen) atoms. The Balaban J connectivity index is 1.87. The molecular weight excluding hydrogens is 300 g/mol. The number of rotatable bonds is 5. The van der Waals surface area contributed by atoms with Crippen LogP contribution in [0.15, 0.2) is 59.1 Å². The lowest BCUT2D eigenvalue weighted by molar-refractivity contribution is -0.124. The van der Waals surface area contributed by atoms with E-state index >= 15 is 0 Å². The van der Waals surface area contributed by atoms with E-state index in [9.17, 15) is 4.79 Å². The lowest BCUT2D eigenvalue weighted by atomic mass is 9.91. The average Bonchev–Trinajstić information content (AvgIpc) is 3.00. The normalized spacial score (nSPS) is 13.0. The molecule has 2 aromatic carbocycles. The molecule has 1 atom stereocenters. The Kier molecular flexibility index (Phi) is 4.38. The summed E-state index contributed by atoms with van der Waals surface area (Å²) in [5.74, 6) is -0.373. The molecule has 0 aliphatic carbocycles. The number of para-hydroxylation sites is 1. The molecule has 0 bridgehead atoms. The van der Waals surface area contributed by atoms with Crippen molar-refractivity contribution < 1.29 is 9.32 Å². The second-order valence-corrected chi connectivity index (χ2v) is 6.51. The molecule has 0 saturated carbocycles. The van der Waals surface area contributed by atoms with Gasteiger partial charge in [0.15, 0.2) is 5.58 Å². The van der Waals surface area contributed by atoms with Gasteiger partial charge < -0.3 is 9.84 Å². The highest BCUT2D eigenvalue weighted by molar-refractivity contribution is 5.90. The van der Waals surface area contributed by atoms with Crippen molar-refractivity contribution in [3.8, 4) is 0 Å². The molecule has 4 nitrogen and oxygen atoms in total. The van der Waals surface area contributed by atoms with E-state index in [4.69, 9.17) is 4.52 Å². The van der Waals surface area contributed by atoms with Crippen LogP contribution >= 0.6 is 0 Å². The number of hydrogen-bond donors (Lipinski definition) is 1. The van der Waals surface area contributed by atoms with Crippen molar-refractivity contribution in [2.45, 2.75) is 38.6 Å². The van der Waals surface area contributed by atoms with E-state index < -0.39 is 5.54 Å². The first-order valence-electron chi connectivity index (χ1n) is 8.25. The van der Waals surface area contributed by atoms with Gasteiger partial charge in [0.1, 0.15) is 5.69 Å². The van der Waals surface area contributed by atoms with Gasteiger partial charge in [-0.25, -0.2) is 0 Å². The van der Waals surface area contributed by atoms with Crippen LogP contribution in [-0.2, 0) is 10.3 Å². The number of carbonyl (C=O) groups is 1. The van der Waals surface area contributed by atoms with Crippen LogP contribution in [0.4, 0.5) is 0 Å². The molecule has 4 heteroatoms. The minimum absolute atomic E-state index is 0.0367. The average molecular weight is 322 g/mol. The molecule has 0 saturated heterocycles. The van der Waals surface area contributed by atoms with Crippen molar-refractivity contribution in [1.29, 1.82) is 0 Å². The van der Waals surface area contributed by atoms with Crippen LogP contribution in [-0.4, -0.2) is 11.1 Å². The number of benzene rings is 2. The van der Waals surface area contributed by atoms with Gasteiger partial charge in [-0.3, -0.25) is 4.79 Å². The molecule has 0 radical (unpaired) electrons. The molecule has 0 spiro atoms. The Hall–Kier alpha value is -2.62. The van der Waals surface area contributed by atoms with Crippen molar-refractivity contribution in [3.05, 3.63) is 65.9 Å². The predicted octanol–water partition coefficient (Wildman–Crippen LogP) is 4.37. The quantitative estimate of drug-likeness (QED) is 0.758. The van der Waals surface area contributed by atoms with E-state index in [-0.39, 0.29) is 11.8 Å². The molecule has 1 unspecified atom stereocenters. The van der Waals surface area contributed by atoms with Crippen molar-refractivity contribution in [3.63, 3.8) is 0 Å². The zero-order chi connectivity index (χ0) is 17.2. The van der Waals surface area contributed by atoms with Crippen LogP contribution in [0, 0.1) is 0 Å². The molecule has 0 aliphatic rings. The Morgan fingerprint density at radius 2 is 1.79 bits per heavy atom. The molecule has 0 aliphatic heterocycles. The zero-order valence-electron chi connectivity index (χ0n) is 14.2. The number of fused-ring (bicyclic) bond motifs is 1. The van der Waals surface area contributed by atoms with E-state index in [2.05, 4.69) is 10.5 Å². The summed E-state index contributed by atoms with van der Waals surface area (Å²) in [6, 6.07) is 17.6. The number of aromatic nitrogens is 1. The maximum Gasteiger partial charge on any atom is 0.229 e. The zero-order valence-corrected chi connectivity index (χ0v) is 14.2. The van der Waals surface area contributed by atoms with E-state index in [0.717, 1.165) is 10.9 Å². The third-order valence-electron chi connectivity index (χ3n) is 4.39. The van der Waals surface area contributed by atoms with Crippen molar-refractivity contribution in [2.75, 3.05) is 0 Å². The molecule has 1 aromatic heterocycles. The second-order valence-electron chi connectivity index (χ2n) is 6.51. The van der Waals surface area contributed by atoms with Gasteiger partial charge >= 0.3 is 0 Å². The fourth-order valence-electron chi connectivity index (χ4n) is 2.98. The van der Waals surface area contributed by atoms with Gasteiger partial charge in [0.05, 0.1) is 11.5 Å². The van der Waals surface area contributed by atoms with Crippen LogP contribution in [0.25, 0.3) is 11.0 Å². The third-order valence-corrected chi connectivity index (χ3v) is 4.39. The topological polar surface area (TPSA) is 55.1 Å². The summed E-state index contributed by atoms with van der Waals surface area (Å²) in [5, 5.41) is 8.21. The highest BCUT2D eigenvalue weighted by atomic mass is 16.5. The Labute approximate surface area is 141 Å². The van der Waals surface area contributed by atoms with Crippen LogP contribution in [0.2, 0.25) is 0 Å². The summed E-state index contributed by atoms with van der Waals surface area (Å²) in [4.78, 5) is 12.9. The first kappa shape index (κ1) is 16.2. The van der Waals surface area contributed by atoms with E-state index in [0.29, 0.717) is 17.7 Å². The Morgan fingerprint density at radius 3 is 2.50 bits per heavy atom. The summed E-state index contributed by atoms with van der Waals surface area (Å²) in [6.07, 6.45) is 0.660. The number of hydrogen-bond acceptors (Lipinski definition) is 3. The standard InChI is InChI=1S/C20H22N2O2/c1-4-15(18-16-12-8-9-13-17(16)24-22-18)19(23)21-20(2,3)14-10-6-5-7-11-14/h5-13,15H,4H2,1-3H3,(H,21,23). The second kappa shape index (κ2) is 6.48. The van der Waals surface area contributed by atoms with Gasteiger partial charge in [0.25, 0.3) is 0 Å². The van der Waals surface area contributed by atoms with E-state index in [1.807, 2.05) is 75.4 Å². The molecular formula is C20H22N2O2. The monoisotopic (exact) mass is 322 g/mol. The van der Waals surface area contributed by atoms with Crippen molar-refractivity contribution >= 4 is 16.9 Å². The van der Waals surface area contributed by atoms with Crippen LogP contribution < -0.4 is 5.32 Å². The highest BCUT2D eigenvalue weighted by Crippen LogP contribution is 2.29. The fraction of sp³-hybridized carbons (Fsp3) is 0.300. The first-order valence-corrected chi connectivity index (χ1v) is 8.25. The summed E-state index contributed by atoms with van der Waals surface area (Å²) in [6.45, 7) is 6.00. The summed E-state index contributed by atoms with van der Waals surface area (Å²) >= 11 is 0. The predicted molar refractivity (Wildman–Crippen MR) is 94.7 cm³/mol. The molecule has 3 rings (SSSR count). The molecule has 3 aromatic rings. The minimum atomic E-state index is -0.453. The smallest absolute Gasteiger partial charge is 0.229 e. The van der Waals surface area contributed by atoms with Crippen molar-refractivity contribution in [2.24, 2.45) is 0 Å². The van der Waals surface area contributed by atoms with E-state index in [1.54, 1.807) is 0 Å². The first-order chi connectivity index (χ1) is 11.5. The van der Waals surface area contributed by atoms with Gasteiger partial charge in [-0.2, -0.15) is 0 Å². The van der Waals surface area contributed by atoms with Crippen LogP contribution in [0.5, 0.6) is 0 Å². The van der Waals surface area contributed by atoms with E-state index in [1.165, 1.54) is 0 Å². The van der Waals surface area contributed by atoms with Crippen molar-refractivity contribution in [1.82, 2.24) is 10.5 Å². The lowest BCUT2D eigenvalue weighted by Crippen LogP contribution is -2.43. The molecule has 124 valence electrons. The Bertz CT molecular complexity index is 837. The summed E-state index contributed by atoms with van der Waals surface area (Å²) < 4.78 is 5.37. The number of nitrogens with one attached hydrogen (secondary N) is 1. The molecule has 1 N–H and O–H groups in total. The molecule has 0 fully saturated rings. The summed E-state index contributed by atoms with van der Waals surface area (Å²) in [7, 11) is 0. The summed E-state index contributed by atoms with van der Waals surface area (Å²) in [5.41, 5.74) is 2.03. The minimum Gasteiger partial charge on any atom is -0.356 e. The largest absolute Gasteiger partial charge is 0.356 e. The lowest BCUT2D eigenvalue weighted by Gasteiger charge is -2.28. The highest BCUT2D eigenvalue weighted by Gasteiger charge is 2.30. The number of carbonyl (C=O) groups excluding carboxylic acids is 1. The Morgan fingerprint density at radius 1 is 1.12 bits per heavy atom. The maximum absolute atomic E-state index is 12.9. The van der Waals surface area contributed by atoms with Crippen LogP contribution in [0.3, 0.4) is 0 Å². The van der Waals surface area contributed by atoms with Gasteiger partial charge in [-0.1, -0.05) is 54.5 Å².